The van der Waals surface area contributed by atoms with Gasteiger partial charge in [-0.1, -0.05) is 41.4 Å². The summed E-state index contributed by atoms with van der Waals surface area (Å²) in [4.78, 5) is 4.69. The van der Waals surface area contributed by atoms with Crippen molar-refractivity contribution in [3.63, 3.8) is 0 Å². The number of pyridine rings is 1. The van der Waals surface area contributed by atoms with Gasteiger partial charge < -0.3 is 15.4 Å². The van der Waals surface area contributed by atoms with Crippen LogP contribution in [0.15, 0.2) is 72.9 Å². The molecule has 176 valence electrons. The van der Waals surface area contributed by atoms with Gasteiger partial charge >= 0.3 is 0 Å². The molecule has 0 saturated heterocycles. The third-order valence-electron chi connectivity index (χ3n) is 5.56. The molecule has 5 heteroatoms. The van der Waals surface area contributed by atoms with Crippen molar-refractivity contribution in [2.75, 3.05) is 18.4 Å². The first-order valence-corrected chi connectivity index (χ1v) is 12.1. The number of nitrogens with zero attached hydrogens (tertiary/aromatic N) is 1. The lowest BCUT2D eigenvalue weighted by molar-refractivity contribution is 0.425. The van der Waals surface area contributed by atoms with Gasteiger partial charge in [-0.05, 0) is 88.7 Å². The van der Waals surface area contributed by atoms with Crippen molar-refractivity contribution >= 4 is 28.2 Å². The lowest BCUT2D eigenvalue weighted by Crippen LogP contribution is -2.36. The van der Waals surface area contributed by atoms with E-state index in [2.05, 4.69) is 55.4 Å². The van der Waals surface area contributed by atoms with Crippen LogP contribution >= 0.6 is 11.6 Å². The fourth-order valence-corrected chi connectivity index (χ4v) is 3.95. The van der Waals surface area contributed by atoms with Gasteiger partial charge in [0.15, 0.2) is 0 Å². The van der Waals surface area contributed by atoms with Crippen molar-refractivity contribution in [2.24, 2.45) is 0 Å². The first-order chi connectivity index (χ1) is 16.3. The quantitative estimate of drug-likeness (QED) is 0.256. The zero-order chi connectivity index (χ0) is 24.1. The van der Waals surface area contributed by atoms with E-state index in [0.717, 1.165) is 58.7 Å². The van der Waals surface area contributed by atoms with E-state index in [1.807, 2.05) is 60.8 Å². The third kappa shape index (κ3) is 6.28. The summed E-state index contributed by atoms with van der Waals surface area (Å²) in [6.07, 6.45) is 2.93. The Morgan fingerprint density at radius 2 is 1.56 bits per heavy atom. The summed E-state index contributed by atoms with van der Waals surface area (Å²) in [6.45, 7) is 10.4. The van der Waals surface area contributed by atoms with Crippen LogP contribution in [0.2, 0.25) is 5.02 Å². The summed E-state index contributed by atoms with van der Waals surface area (Å²) in [5.74, 6) is 1.63. The molecule has 0 fully saturated rings. The number of benzene rings is 3. The van der Waals surface area contributed by atoms with Crippen molar-refractivity contribution < 1.29 is 4.74 Å². The molecule has 0 radical (unpaired) electrons. The van der Waals surface area contributed by atoms with Crippen molar-refractivity contribution in [1.82, 2.24) is 10.3 Å². The molecule has 1 heterocycles. The van der Waals surface area contributed by atoms with Crippen LogP contribution in [0.3, 0.4) is 0 Å². The van der Waals surface area contributed by atoms with Gasteiger partial charge in [0.25, 0.3) is 0 Å². The minimum atomic E-state index is 0.119. The van der Waals surface area contributed by atoms with Crippen LogP contribution in [-0.2, 0) is 0 Å². The Balaban J connectivity index is 1.57. The Morgan fingerprint density at radius 3 is 2.24 bits per heavy atom. The molecule has 0 aliphatic rings. The normalized spacial score (nSPS) is 11.6. The number of aryl methyl sites for hydroxylation is 1. The topological polar surface area (TPSA) is 46.2 Å². The van der Waals surface area contributed by atoms with E-state index in [1.165, 1.54) is 5.56 Å². The average Bonchev–Trinajstić information content (AvgIpc) is 2.80. The highest BCUT2D eigenvalue weighted by Crippen LogP contribution is 2.35. The van der Waals surface area contributed by atoms with E-state index in [9.17, 15) is 0 Å². The molecule has 4 aromatic rings. The summed E-state index contributed by atoms with van der Waals surface area (Å²) >= 11 is 6.23. The average molecular weight is 474 g/mol. The van der Waals surface area contributed by atoms with E-state index in [0.29, 0.717) is 5.02 Å². The van der Waals surface area contributed by atoms with Crippen molar-refractivity contribution in [1.29, 1.82) is 0 Å². The van der Waals surface area contributed by atoms with Crippen molar-refractivity contribution in [3.8, 4) is 22.6 Å². The van der Waals surface area contributed by atoms with Gasteiger partial charge in [0.2, 0.25) is 0 Å². The number of nitrogens with one attached hydrogen (secondary N) is 2. The third-order valence-corrected chi connectivity index (χ3v) is 5.80. The maximum absolute atomic E-state index is 6.23. The van der Waals surface area contributed by atoms with Crippen LogP contribution < -0.4 is 15.4 Å². The summed E-state index contributed by atoms with van der Waals surface area (Å²) in [7, 11) is 0. The molecule has 0 atom stereocenters. The van der Waals surface area contributed by atoms with E-state index >= 15 is 0 Å². The molecular formula is C29H32ClN3O. The SMILES string of the molecule is Cc1ccc(Oc2ccc(-c3cnc4cc(Cl)ccc4c3NCCCNC(C)(C)C)cc2)cc1. The van der Waals surface area contributed by atoms with Gasteiger partial charge in [0.1, 0.15) is 11.5 Å². The number of hydrogen-bond acceptors (Lipinski definition) is 4. The second-order valence-corrected chi connectivity index (χ2v) is 10.0. The number of aromatic nitrogens is 1. The second-order valence-electron chi connectivity index (χ2n) is 9.60. The predicted molar refractivity (Wildman–Crippen MR) is 144 cm³/mol. The zero-order valence-corrected chi connectivity index (χ0v) is 21.0. The summed E-state index contributed by atoms with van der Waals surface area (Å²) in [6, 6.07) is 22.1. The minimum Gasteiger partial charge on any atom is -0.457 e. The molecule has 0 aliphatic heterocycles. The maximum atomic E-state index is 6.23. The van der Waals surface area contributed by atoms with E-state index in [1.54, 1.807) is 0 Å². The van der Waals surface area contributed by atoms with Crippen LogP contribution in [0.4, 0.5) is 5.69 Å². The monoisotopic (exact) mass is 473 g/mol. The standard InChI is InChI=1S/C29H32ClN3O/c1-20-6-11-23(12-7-20)34-24-13-8-21(9-14-24)26-19-32-27-18-22(30)10-15-25(27)28(26)31-16-5-17-33-29(2,3)4/h6-15,18-19,33H,5,16-17H2,1-4H3,(H,31,32). The Kier molecular flexibility index (Phi) is 7.40. The number of rotatable bonds is 8. The smallest absolute Gasteiger partial charge is 0.127 e. The van der Waals surface area contributed by atoms with E-state index in [-0.39, 0.29) is 5.54 Å². The van der Waals surface area contributed by atoms with Crippen LogP contribution in [0, 0.1) is 6.92 Å². The van der Waals surface area contributed by atoms with Crippen LogP contribution in [0.25, 0.3) is 22.0 Å². The molecular weight excluding hydrogens is 442 g/mol. The van der Waals surface area contributed by atoms with E-state index < -0.39 is 0 Å². The van der Waals surface area contributed by atoms with Crippen LogP contribution in [0.5, 0.6) is 11.5 Å². The highest BCUT2D eigenvalue weighted by molar-refractivity contribution is 6.31. The molecule has 4 nitrogen and oxygen atoms in total. The molecule has 0 amide bonds. The summed E-state index contributed by atoms with van der Waals surface area (Å²) in [5, 5.41) is 8.96. The predicted octanol–water partition coefficient (Wildman–Crippen LogP) is 7.85. The number of halogens is 1. The van der Waals surface area contributed by atoms with Crippen LogP contribution in [-0.4, -0.2) is 23.6 Å². The van der Waals surface area contributed by atoms with Crippen LogP contribution in [0.1, 0.15) is 32.8 Å². The molecule has 1 aromatic heterocycles. The van der Waals surface area contributed by atoms with Gasteiger partial charge in [-0.3, -0.25) is 4.98 Å². The lowest BCUT2D eigenvalue weighted by Gasteiger charge is -2.21. The van der Waals surface area contributed by atoms with Crippen molar-refractivity contribution in [3.05, 3.63) is 83.5 Å². The molecule has 0 spiro atoms. The highest BCUT2D eigenvalue weighted by Gasteiger charge is 2.12. The number of hydrogen-bond donors (Lipinski definition) is 2. The highest BCUT2D eigenvalue weighted by atomic mass is 35.5. The molecule has 34 heavy (non-hydrogen) atoms. The first kappa shape index (κ1) is 24.1. The maximum Gasteiger partial charge on any atom is 0.127 e. The number of anilines is 1. The molecule has 3 aromatic carbocycles. The molecule has 4 rings (SSSR count). The lowest BCUT2D eigenvalue weighted by atomic mass is 10.0. The number of fused-ring (bicyclic) bond motifs is 1. The van der Waals surface area contributed by atoms with E-state index in [4.69, 9.17) is 16.3 Å². The molecule has 0 bridgehead atoms. The number of ether oxygens (including phenoxy) is 1. The van der Waals surface area contributed by atoms with Gasteiger partial charge in [0.05, 0.1) is 11.2 Å². The first-order valence-electron chi connectivity index (χ1n) is 11.7. The van der Waals surface area contributed by atoms with Gasteiger partial charge in [-0.15, -0.1) is 0 Å². The van der Waals surface area contributed by atoms with Crippen molar-refractivity contribution in [2.45, 2.75) is 39.7 Å². The fraction of sp³-hybridized carbons (Fsp3) is 0.276. The minimum absolute atomic E-state index is 0.119. The molecule has 0 saturated carbocycles. The fourth-order valence-electron chi connectivity index (χ4n) is 3.79. The van der Waals surface area contributed by atoms with Gasteiger partial charge in [-0.25, -0.2) is 0 Å². The summed E-state index contributed by atoms with van der Waals surface area (Å²) < 4.78 is 6.00. The Labute approximate surface area is 207 Å². The van der Waals surface area contributed by atoms with Gasteiger partial charge in [0, 0.05) is 34.3 Å². The largest absolute Gasteiger partial charge is 0.457 e. The molecule has 2 N–H and O–H groups in total. The Hall–Kier alpha value is -3.08. The Bertz CT molecular complexity index is 1250. The molecule has 0 aliphatic carbocycles. The zero-order valence-electron chi connectivity index (χ0n) is 20.3. The van der Waals surface area contributed by atoms with Gasteiger partial charge in [-0.2, -0.15) is 0 Å². The summed E-state index contributed by atoms with van der Waals surface area (Å²) in [5.41, 5.74) is 5.42. The Morgan fingerprint density at radius 1 is 0.882 bits per heavy atom. The second kappa shape index (κ2) is 10.5. The molecule has 0 unspecified atom stereocenters.